The Balaban J connectivity index is 1.96. The maximum atomic E-state index is 5.36. The summed E-state index contributed by atoms with van der Waals surface area (Å²) >= 11 is 0. The lowest BCUT2D eigenvalue weighted by molar-refractivity contribution is 0.328. The van der Waals surface area contributed by atoms with Gasteiger partial charge in [0, 0.05) is 6.54 Å². The fourth-order valence-electron chi connectivity index (χ4n) is 1.30. The molecule has 83 valence electrons. The van der Waals surface area contributed by atoms with Gasteiger partial charge < -0.3 is 15.0 Å². The number of nitrogens with two attached hydrogens (primary N) is 1. The average molecular weight is 218 g/mol. The Morgan fingerprint density at radius 3 is 2.75 bits per heavy atom. The monoisotopic (exact) mass is 218 g/mol. The summed E-state index contributed by atoms with van der Waals surface area (Å²) in [6.07, 6.45) is 2.99. The summed E-state index contributed by atoms with van der Waals surface area (Å²) < 4.78 is 10.2. The third-order valence-corrected chi connectivity index (χ3v) is 2.03. The first kappa shape index (κ1) is 10.6. The first-order valence-electron chi connectivity index (χ1n) is 4.99. The van der Waals surface area contributed by atoms with Crippen molar-refractivity contribution in [1.29, 1.82) is 0 Å². The summed E-state index contributed by atoms with van der Waals surface area (Å²) in [5, 5.41) is 3.43. The van der Waals surface area contributed by atoms with Crippen LogP contribution in [0.5, 0.6) is 5.75 Å². The zero-order valence-electron chi connectivity index (χ0n) is 8.72. The molecular formula is C11H12N3O2. The van der Waals surface area contributed by atoms with Gasteiger partial charge in [0.1, 0.15) is 12.4 Å². The van der Waals surface area contributed by atoms with Crippen LogP contribution in [-0.4, -0.2) is 23.3 Å². The van der Waals surface area contributed by atoms with Gasteiger partial charge in [-0.05, 0) is 17.7 Å². The summed E-state index contributed by atoms with van der Waals surface area (Å²) in [5.74, 6) is 1.36. The average Bonchev–Trinajstić information content (AvgIpc) is 2.81. The van der Waals surface area contributed by atoms with Crippen molar-refractivity contribution in [3.8, 4) is 5.75 Å². The lowest BCUT2D eigenvalue weighted by atomic mass is 10.1. The first-order valence-corrected chi connectivity index (χ1v) is 4.99. The number of ether oxygens (including phenoxy) is 1. The molecule has 0 saturated heterocycles. The second-order valence-corrected chi connectivity index (χ2v) is 3.25. The lowest BCUT2D eigenvalue weighted by Crippen LogP contribution is -2.10. The Bertz CT molecular complexity index is 411. The van der Waals surface area contributed by atoms with Crippen LogP contribution in [0.15, 0.2) is 28.8 Å². The zero-order valence-corrected chi connectivity index (χ0v) is 8.72. The van der Waals surface area contributed by atoms with Crippen molar-refractivity contribution < 1.29 is 9.26 Å². The highest BCUT2D eigenvalue weighted by molar-refractivity contribution is 5.28. The van der Waals surface area contributed by atoms with E-state index >= 15 is 0 Å². The van der Waals surface area contributed by atoms with E-state index in [9.17, 15) is 0 Å². The topological polar surface area (TPSA) is 74.2 Å². The van der Waals surface area contributed by atoms with Gasteiger partial charge in [-0.2, -0.15) is 4.98 Å². The molecule has 5 nitrogen and oxygen atoms in total. The van der Waals surface area contributed by atoms with Crippen LogP contribution in [0.1, 0.15) is 11.5 Å². The quantitative estimate of drug-likeness (QED) is 0.803. The number of nitrogens with zero attached hydrogens (tertiary/aromatic N) is 2. The molecule has 1 aromatic carbocycles. The van der Waals surface area contributed by atoms with Crippen LogP contribution in [0.3, 0.4) is 0 Å². The van der Waals surface area contributed by atoms with E-state index in [0.717, 1.165) is 11.3 Å². The van der Waals surface area contributed by atoms with Gasteiger partial charge in [0.15, 0.2) is 0 Å². The van der Waals surface area contributed by atoms with E-state index in [1.165, 1.54) is 0 Å². The summed E-state index contributed by atoms with van der Waals surface area (Å²) in [7, 11) is 0. The van der Waals surface area contributed by atoms with Gasteiger partial charge in [-0.3, -0.25) is 0 Å². The minimum Gasteiger partial charge on any atom is -0.492 e. The molecular weight excluding hydrogens is 206 g/mol. The van der Waals surface area contributed by atoms with Gasteiger partial charge in [-0.15, -0.1) is 0 Å². The molecule has 0 atom stereocenters. The SMILES string of the molecule is NCCOc1ccc(Cc2n[c]no2)cc1. The maximum absolute atomic E-state index is 5.36. The van der Waals surface area contributed by atoms with Crippen LogP contribution in [-0.2, 0) is 6.42 Å². The van der Waals surface area contributed by atoms with Crippen LogP contribution >= 0.6 is 0 Å². The molecule has 1 radical (unpaired) electrons. The maximum Gasteiger partial charge on any atom is 0.243 e. The molecule has 16 heavy (non-hydrogen) atoms. The Labute approximate surface area is 93.2 Å². The van der Waals surface area contributed by atoms with E-state index < -0.39 is 0 Å². The molecule has 1 aromatic heterocycles. The summed E-state index contributed by atoms with van der Waals surface area (Å²) in [6.45, 7) is 1.04. The van der Waals surface area contributed by atoms with Crippen LogP contribution in [0, 0.1) is 6.33 Å². The number of hydrogen-bond donors (Lipinski definition) is 1. The standard InChI is InChI=1S/C11H12N3O2/c12-5-6-15-10-3-1-9(2-4-10)7-11-13-8-14-16-11/h1-4H,5-7,12H2. The zero-order chi connectivity index (χ0) is 11.2. The van der Waals surface area contributed by atoms with Gasteiger partial charge in [-0.25, -0.2) is 0 Å². The lowest BCUT2D eigenvalue weighted by Gasteiger charge is -2.04. The van der Waals surface area contributed by atoms with Crippen LogP contribution in [0.2, 0.25) is 0 Å². The second-order valence-electron chi connectivity index (χ2n) is 3.25. The summed E-state index contributed by atoms with van der Waals surface area (Å²) in [5.41, 5.74) is 6.42. The molecule has 0 spiro atoms. The molecule has 1 heterocycles. The van der Waals surface area contributed by atoms with Crippen molar-refractivity contribution in [2.24, 2.45) is 5.73 Å². The summed E-state index contributed by atoms with van der Waals surface area (Å²) in [4.78, 5) is 3.83. The third-order valence-electron chi connectivity index (χ3n) is 2.03. The van der Waals surface area contributed by atoms with E-state index in [0.29, 0.717) is 25.5 Å². The van der Waals surface area contributed by atoms with Crippen molar-refractivity contribution in [3.05, 3.63) is 42.0 Å². The van der Waals surface area contributed by atoms with Crippen LogP contribution < -0.4 is 10.5 Å². The number of benzene rings is 1. The minimum atomic E-state index is 0.513. The van der Waals surface area contributed by atoms with E-state index in [4.69, 9.17) is 15.0 Å². The van der Waals surface area contributed by atoms with Gasteiger partial charge in [0.25, 0.3) is 0 Å². The molecule has 0 unspecified atom stereocenters. The van der Waals surface area contributed by atoms with Gasteiger partial charge >= 0.3 is 0 Å². The molecule has 2 N–H and O–H groups in total. The Morgan fingerprint density at radius 2 is 2.12 bits per heavy atom. The molecule has 0 fully saturated rings. The molecule has 0 amide bonds. The number of hydrogen-bond acceptors (Lipinski definition) is 5. The molecule has 0 aliphatic rings. The third kappa shape index (κ3) is 2.80. The van der Waals surface area contributed by atoms with Crippen molar-refractivity contribution in [2.75, 3.05) is 13.2 Å². The molecule has 0 aliphatic heterocycles. The van der Waals surface area contributed by atoms with Gasteiger partial charge in [-0.1, -0.05) is 17.3 Å². The van der Waals surface area contributed by atoms with Crippen molar-refractivity contribution in [2.45, 2.75) is 6.42 Å². The van der Waals surface area contributed by atoms with Crippen LogP contribution in [0.4, 0.5) is 0 Å². The Morgan fingerprint density at radius 1 is 1.31 bits per heavy atom. The molecule has 0 aliphatic carbocycles. The van der Waals surface area contributed by atoms with E-state index in [1.807, 2.05) is 24.3 Å². The normalized spacial score (nSPS) is 10.3. The number of rotatable bonds is 5. The highest BCUT2D eigenvalue weighted by Crippen LogP contribution is 2.14. The van der Waals surface area contributed by atoms with Gasteiger partial charge in [0.05, 0.1) is 6.42 Å². The van der Waals surface area contributed by atoms with E-state index in [-0.39, 0.29) is 0 Å². The largest absolute Gasteiger partial charge is 0.492 e. The van der Waals surface area contributed by atoms with Crippen molar-refractivity contribution >= 4 is 0 Å². The fourth-order valence-corrected chi connectivity index (χ4v) is 1.30. The highest BCUT2D eigenvalue weighted by Gasteiger charge is 2.02. The van der Waals surface area contributed by atoms with E-state index in [2.05, 4.69) is 16.5 Å². The molecule has 2 rings (SSSR count). The minimum absolute atomic E-state index is 0.513. The molecule has 5 heteroatoms. The second kappa shape index (κ2) is 5.27. The predicted molar refractivity (Wildman–Crippen MR) is 56.9 cm³/mol. The van der Waals surface area contributed by atoms with Crippen molar-refractivity contribution in [1.82, 2.24) is 10.1 Å². The summed E-state index contributed by atoms with van der Waals surface area (Å²) in [6, 6.07) is 7.70. The predicted octanol–water partition coefficient (Wildman–Crippen LogP) is 0.798. The van der Waals surface area contributed by atoms with Crippen LogP contribution in [0.25, 0.3) is 0 Å². The molecule has 0 bridgehead atoms. The Kier molecular flexibility index (Phi) is 3.50. The number of aromatic nitrogens is 2. The van der Waals surface area contributed by atoms with Crippen molar-refractivity contribution in [3.63, 3.8) is 0 Å². The fraction of sp³-hybridized carbons (Fsp3) is 0.273. The van der Waals surface area contributed by atoms with Gasteiger partial charge in [0.2, 0.25) is 12.2 Å². The molecule has 2 aromatic rings. The Hall–Kier alpha value is -1.88. The highest BCUT2D eigenvalue weighted by atomic mass is 16.5. The first-order chi connectivity index (χ1) is 7.88. The molecule has 0 saturated carbocycles. The smallest absolute Gasteiger partial charge is 0.243 e. The van der Waals surface area contributed by atoms with E-state index in [1.54, 1.807) is 0 Å².